The van der Waals surface area contributed by atoms with Crippen LogP contribution in [0.1, 0.15) is 12.5 Å². The lowest BCUT2D eigenvalue weighted by Crippen LogP contribution is -2.39. The van der Waals surface area contributed by atoms with Gasteiger partial charge in [0.2, 0.25) is 6.10 Å². The lowest BCUT2D eigenvalue weighted by atomic mass is 10.2. The number of amidine groups is 1. The molecule has 1 aromatic carbocycles. The maximum absolute atomic E-state index is 11.9. The fourth-order valence-electron chi connectivity index (χ4n) is 1.22. The van der Waals surface area contributed by atoms with Gasteiger partial charge in [-0.05, 0) is 19.1 Å². The monoisotopic (exact) mass is 323 g/mol. The van der Waals surface area contributed by atoms with Gasteiger partial charge in [-0.3, -0.25) is 4.79 Å². The molecule has 0 heterocycles. The molecule has 0 spiro atoms. The second-order valence-electron chi connectivity index (χ2n) is 4.07. The number of nitrogens with zero attached hydrogens (tertiary/aromatic N) is 1. The summed E-state index contributed by atoms with van der Waals surface area (Å²) in [7, 11) is 0. The van der Waals surface area contributed by atoms with Crippen LogP contribution in [0.25, 0.3) is 0 Å². The Bertz CT molecular complexity index is 535. The van der Waals surface area contributed by atoms with E-state index in [1.54, 1.807) is 23.5 Å². The van der Waals surface area contributed by atoms with Gasteiger partial charge in [-0.15, -0.1) is 0 Å². The van der Waals surface area contributed by atoms with Gasteiger partial charge in [0.15, 0.2) is 5.84 Å². The molecule has 0 aliphatic rings. The standard InChI is InChI=1S/C12H13ClF3N3O2/c1-7(11(20)18-6-12(14,15)16)21-19-10(17)8-3-2-4-9(13)5-8/h2-5,7H,6H2,1H3,(H2,17,19)(H,18,20). The number of hydrogen-bond donors (Lipinski definition) is 2. The number of amides is 1. The molecule has 0 saturated heterocycles. The third kappa shape index (κ3) is 6.35. The Labute approximate surface area is 123 Å². The number of nitrogens with two attached hydrogens (primary N) is 1. The number of carbonyl (C=O) groups excluding carboxylic acids is 1. The van der Waals surface area contributed by atoms with Crippen LogP contribution >= 0.6 is 11.6 Å². The molecule has 1 amide bonds. The molecule has 0 saturated carbocycles. The minimum absolute atomic E-state index is 0.0482. The summed E-state index contributed by atoms with van der Waals surface area (Å²) in [6.07, 6.45) is -5.71. The molecule has 5 nitrogen and oxygen atoms in total. The zero-order valence-corrected chi connectivity index (χ0v) is 11.7. The van der Waals surface area contributed by atoms with Gasteiger partial charge in [0.1, 0.15) is 6.54 Å². The number of carbonyl (C=O) groups is 1. The van der Waals surface area contributed by atoms with E-state index in [4.69, 9.17) is 22.2 Å². The van der Waals surface area contributed by atoms with Crippen LogP contribution in [-0.2, 0) is 9.63 Å². The molecule has 1 unspecified atom stereocenters. The zero-order chi connectivity index (χ0) is 16.0. The van der Waals surface area contributed by atoms with Gasteiger partial charge in [-0.25, -0.2) is 0 Å². The summed E-state index contributed by atoms with van der Waals surface area (Å²) in [6.45, 7) is -0.187. The maximum atomic E-state index is 11.9. The van der Waals surface area contributed by atoms with Crippen LogP contribution in [0.3, 0.4) is 0 Å². The van der Waals surface area contributed by atoms with Crippen molar-refractivity contribution in [2.45, 2.75) is 19.2 Å². The Morgan fingerprint density at radius 1 is 1.52 bits per heavy atom. The van der Waals surface area contributed by atoms with Gasteiger partial charge in [0, 0.05) is 10.6 Å². The average molecular weight is 324 g/mol. The van der Waals surface area contributed by atoms with E-state index in [0.717, 1.165) is 0 Å². The minimum atomic E-state index is -4.49. The first-order valence-corrected chi connectivity index (χ1v) is 6.16. The van der Waals surface area contributed by atoms with Crippen LogP contribution in [-0.4, -0.2) is 30.6 Å². The predicted molar refractivity (Wildman–Crippen MR) is 71.8 cm³/mol. The van der Waals surface area contributed by atoms with Crippen molar-refractivity contribution in [1.29, 1.82) is 0 Å². The van der Waals surface area contributed by atoms with E-state index in [2.05, 4.69) is 5.16 Å². The quantitative estimate of drug-likeness (QED) is 0.494. The van der Waals surface area contributed by atoms with Crippen molar-refractivity contribution in [2.24, 2.45) is 10.9 Å². The molecule has 0 radical (unpaired) electrons. The number of alkyl halides is 3. The second kappa shape index (κ2) is 7.16. The Morgan fingerprint density at radius 3 is 2.76 bits per heavy atom. The van der Waals surface area contributed by atoms with Gasteiger partial charge < -0.3 is 15.9 Å². The number of rotatable bonds is 5. The highest BCUT2D eigenvalue weighted by Gasteiger charge is 2.29. The van der Waals surface area contributed by atoms with Gasteiger partial charge >= 0.3 is 6.18 Å². The number of halogens is 4. The van der Waals surface area contributed by atoms with Crippen LogP contribution < -0.4 is 11.1 Å². The summed E-state index contributed by atoms with van der Waals surface area (Å²) in [4.78, 5) is 16.1. The maximum Gasteiger partial charge on any atom is 0.405 e. The van der Waals surface area contributed by atoms with Crippen LogP contribution in [0.2, 0.25) is 5.02 Å². The first-order chi connectivity index (χ1) is 9.69. The van der Waals surface area contributed by atoms with Crippen molar-refractivity contribution in [3.05, 3.63) is 34.9 Å². The number of nitrogens with one attached hydrogen (secondary N) is 1. The van der Waals surface area contributed by atoms with Gasteiger partial charge in [0.25, 0.3) is 5.91 Å². The summed E-state index contributed by atoms with van der Waals surface area (Å²) >= 11 is 5.76. The first kappa shape index (κ1) is 17.1. The molecule has 0 aromatic heterocycles. The van der Waals surface area contributed by atoms with Crippen LogP contribution in [0.4, 0.5) is 13.2 Å². The molecule has 3 N–H and O–H groups in total. The van der Waals surface area contributed by atoms with E-state index in [1.807, 2.05) is 0 Å². The molecule has 1 rings (SSSR count). The van der Waals surface area contributed by atoms with E-state index in [9.17, 15) is 18.0 Å². The molecule has 1 atom stereocenters. The largest absolute Gasteiger partial charge is 0.405 e. The van der Waals surface area contributed by atoms with Crippen molar-refractivity contribution >= 4 is 23.3 Å². The third-order valence-corrected chi connectivity index (χ3v) is 2.50. The summed E-state index contributed by atoms with van der Waals surface area (Å²) < 4.78 is 35.8. The zero-order valence-electron chi connectivity index (χ0n) is 10.9. The highest BCUT2D eigenvalue weighted by molar-refractivity contribution is 6.31. The van der Waals surface area contributed by atoms with Gasteiger partial charge in [-0.1, -0.05) is 28.9 Å². The molecular weight excluding hydrogens is 311 g/mol. The smallest absolute Gasteiger partial charge is 0.381 e. The average Bonchev–Trinajstić information content (AvgIpc) is 2.40. The SMILES string of the molecule is CC(O/N=C(\N)c1cccc(Cl)c1)C(=O)NCC(F)(F)F. The Morgan fingerprint density at radius 2 is 2.19 bits per heavy atom. The minimum Gasteiger partial charge on any atom is -0.381 e. The Hall–Kier alpha value is -1.96. The van der Waals surface area contributed by atoms with Crippen LogP contribution in [0, 0.1) is 0 Å². The van der Waals surface area contributed by atoms with Crippen molar-refractivity contribution in [2.75, 3.05) is 6.54 Å². The summed E-state index contributed by atoms with van der Waals surface area (Å²) in [5, 5.41) is 5.60. The molecular formula is C12H13ClF3N3O2. The fraction of sp³-hybridized carbons (Fsp3) is 0.333. The Balaban J connectivity index is 2.56. The summed E-state index contributed by atoms with van der Waals surface area (Å²) in [5.74, 6) is -0.997. The topological polar surface area (TPSA) is 76.7 Å². The van der Waals surface area contributed by atoms with E-state index >= 15 is 0 Å². The molecule has 0 bridgehead atoms. The lowest BCUT2D eigenvalue weighted by molar-refractivity contribution is -0.145. The molecule has 0 fully saturated rings. The van der Waals surface area contributed by atoms with E-state index in [-0.39, 0.29) is 5.84 Å². The number of hydrogen-bond acceptors (Lipinski definition) is 3. The number of oxime groups is 1. The molecule has 116 valence electrons. The van der Waals surface area contributed by atoms with Crippen LogP contribution in [0.5, 0.6) is 0 Å². The highest BCUT2D eigenvalue weighted by atomic mass is 35.5. The summed E-state index contributed by atoms with van der Waals surface area (Å²) in [5.41, 5.74) is 6.07. The molecule has 0 aliphatic carbocycles. The Kier molecular flexibility index (Phi) is 5.83. The van der Waals surface area contributed by atoms with Crippen molar-refractivity contribution in [3.63, 3.8) is 0 Å². The van der Waals surface area contributed by atoms with Crippen molar-refractivity contribution in [1.82, 2.24) is 5.32 Å². The lowest BCUT2D eigenvalue weighted by Gasteiger charge is -2.12. The number of benzene rings is 1. The van der Waals surface area contributed by atoms with Crippen LogP contribution in [0.15, 0.2) is 29.4 Å². The molecule has 21 heavy (non-hydrogen) atoms. The highest BCUT2D eigenvalue weighted by Crippen LogP contribution is 2.12. The van der Waals surface area contributed by atoms with E-state index in [0.29, 0.717) is 10.6 Å². The second-order valence-corrected chi connectivity index (χ2v) is 4.50. The molecule has 9 heteroatoms. The molecule has 1 aromatic rings. The first-order valence-electron chi connectivity index (χ1n) is 5.79. The fourth-order valence-corrected chi connectivity index (χ4v) is 1.41. The predicted octanol–water partition coefficient (Wildman–Crippen LogP) is 2.04. The van der Waals surface area contributed by atoms with Gasteiger partial charge in [-0.2, -0.15) is 13.2 Å². The van der Waals surface area contributed by atoms with Crippen molar-refractivity contribution in [3.8, 4) is 0 Å². The van der Waals surface area contributed by atoms with E-state index < -0.39 is 24.7 Å². The van der Waals surface area contributed by atoms with Gasteiger partial charge in [0.05, 0.1) is 0 Å². The normalized spacial score (nSPS) is 13.7. The van der Waals surface area contributed by atoms with E-state index in [1.165, 1.54) is 13.0 Å². The summed E-state index contributed by atoms with van der Waals surface area (Å²) in [6, 6.07) is 6.41. The molecule has 0 aliphatic heterocycles. The van der Waals surface area contributed by atoms with Crippen molar-refractivity contribution < 1.29 is 22.8 Å². The third-order valence-electron chi connectivity index (χ3n) is 2.26.